The summed E-state index contributed by atoms with van der Waals surface area (Å²) in [5, 5.41) is 14.6. The van der Waals surface area contributed by atoms with E-state index >= 15 is 0 Å². The van der Waals surface area contributed by atoms with Crippen LogP contribution in [-0.2, 0) is 6.54 Å². The van der Waals surface area contributed by atoms with Crippen LogP contribution in [-0.4, -0.2) is 17.8 Å². The predicted octanol–water partition coefficient (Wildman–Crippen LogP) is 3.63. The molecular formula is C14H19Cl2NO. The average molecular weight is 288 g/mol. The van der Waals surface area contributed by atoms with E-state index in [1.807, 2.05) is 18.2 Å². The number of aliphatic hydroxyl groups excluding tert-OH is 1. The number of nitrogens with one attached hydrogen (secondary N) is 1. The van der Waals surface area contributed by atoms with Gasteiger partial charge in [-0.15, -0.1) is 0 Å². The molecule has 0 bridgehead atoms. The lowest BCUT2D eigenvalue weighted by atomic mass is 9.86. The number of aliphatic hydroxyl groups is 1. The molecule has 0 spiro atoms. The van der Waals surface area contributed by atoms with Gasteiger partial charge in [0.2, 0.25) is 0 Å². The SMILES string of the molecule is OC1CCCCC1CNCc1c(Cl)cccc1Cl. The summed E-state index contributed by atoms with van der Waals surface area (Å²) in [6.45, 7) is 1.48. The highest BCUT2D eigenvalue weighted by Gasteiger charge is 2.22. The summed E-state index contributed by atoms with van der Waals surface area (Å²) in [7, 11) is 0. The molecule has 2 N–H and O–H groups in total. The Balaban J connectivity index is 1.84. The molecule has 1 aromatic carbocycles. The van der Waals surface area contributed by atoms with Crippen molar-refractivity contribution >= 4 is 23.2 Å². The summed E-state index contributed by atoms with van der Waals surface area (Å²) in [5.74, 6) is 0.361. The minimum Gasteiger partial charge on any atom is -0.393 e. The van der Waals surface area contributed by atoms with Gasteiger partial charge in [0.25, 0.3) is 0 Å². The van der Waals surface area contributed by atoms with Crippen molar-refractivity contribution in [3.63, 3.8) is 0 Å². The maximum atomic E-state index is 9.88. The molecule has 1 aliphatic rings. The highest BCUT2D eigenvalue weighted by Crippen LogP contribution is 2.26. The Hall–Kier alpha value is -0.280. The van der Waals surface area contributed by atoms with Crippen LogP contribution in [0.5, 0.6) is 0 Å². The Kier molecular flexibility index (Phi) is 5.31. The largest absolute Gasteiger partial charge is 0.393 e. The fourth-order valence-electron chi connectivity index (χ4n) is 2.51. The van der Waals surface area contributed by atoms with Crippen LogP contribution in [0.2, 0.25) is 10.0 Å². The molecule has 1 saturated carbocycles. The fourth-order valence-corrected chi connectivity index (χ4v) is 3.04. The van der Waals surface area contributed by atoms with E-state index in [1.54, 1.807) is 0 Å². The second kappa shape index (κ2) is 6.76. The van der Waals surface area contributed by atoms with Gasteiger partial charge < -0.3 is 10.4 Å². The molecular weight excluding hydrogens is 269 g/mol. The number of hydrogen-bond acceptors (Lipinski definition) is 2. The van der Waals surface area contributed by atoms with Gasteiger partial charge in [0, 0.05) is 28.7 Å². The third kappa shape index (κ3) is 3.61. The fraction of sp³-hybridized carbons (Fsp3) is 0.571. The first kappa shape index (κ1) is 14.1. The van der Waals surface area contributed by atoms with Crippen LogP contribution in [0.3, 0.4) is 0 Å². The van der Waals surface area contributed by atoms with Crippen molar-refractivity contribution in [2.45, 2.75) is 38.3 Å². The van der Waals surface area contributed by atoms with Gasteiger partial charge in [-0.05, 0) is 30.9 Å². The second-order valence-electron chi connectivity index (χ2n) is 4.94. The topological polar surface area (TPSA) is 32.3 Å². The van der Waals surface area contributed by atoms with Crippen LogP contribution in [0.15, 0.2) is 18.2 Å². The predicted molar refractivity (Wildman–Crippen MR) is 76.1 cm³/mol. The summed E-state index contributed by atoms with van der Waals surface area (Å²) in [6.07, 6.45) is 4.24. The third-order valence-electron chi connectivity index (χ3n) is 3.64. The Morgan fingerprint density at radius 3 is 2.50 bits per heavy atom. The summed E-state index contributed by atoms with van der Waals surface area (Å²) >= 11 is 12.2. The first-order valence-corrected chi connectivity index (χ1v) is 7.25. The van der Waals surface area contributed by atoms with Gasteiger partial charge in [-0.2, -0.15) is 0 Å². The normalized spacial score (nSPS) is 24.2. The van der Waals surface area contributed by atoms with E-state index in [0.29, 0.717) is 22.5 Å². The Morgan fingerprint density at radius 1 is 1.17 bits per heavy atom. The van der Waals surface area contributed by atoms with Crippen molar-refractivity contribution in [1.82, 2.24) is 5.32 Å². The van der Waals surface area contributed by atoms with Crippen LogP contribution in [0.1, 0.15) is 31.2 Å². The number of rotatable bonds is 4. The van der Waals surface area contributed by atoms with E-state index in [-0.39, 0.29) is 6.10 Å². The molecule has 1 fully saturated rings. The Labute approximate surface area is 118 Å². The van der Waals surface area contributed by atoms with Gasteiger partial charge in [0.1, 0.15) is 0 Å². The van der Waals surface area contributed by atoms with Gasteiger partial charge in [-0.3, -0.25) is 0 Å². The zero-order valence-corrected chi connectivity index (χ0v) is 11.8. The lowest BCUT2D eigenvalue weighted by molar-refractivity contribution is 0.0695. The zero-order chi connectivity index (χ0) is 13.0. The molecule has 4 heteroatoms. The molecule has 1 aromatic rings. The van der Waals surface area contributed by atoms with E-state index in [9.17, 15) is 5.11 Å². The van der Waals surface area contributed by atoms with Crippen LogP contribution >= 0.6 is 23.2 Å². The summed E-state index contributed by atoms with van der Waals surface area (Å²) in [6, 6.07) is 5.54. The van der Waals surface area contributed by atoms with Crippen molar-refractivity contribution in [2.75, 3.05) is 6.54 Å². The lowest BCUT2D eigenvalue weighted by Crippen LogP contribution is -2.33. The molecule has 0 aliphatic heterocycles. The summed E-state index contributed by atoms with van der Waals surface area (Å²) < 4.78 is 0. The number of halogens is 2. The van der Waals surface area contributed by atoms with E-state index in [1.165, 1.54) is 6.42 Å². The van der Waals surface area contributed by atoms with Gasteiger partial charge in [0.05, 0.1) is 6.10 Å². The second-order valence-corrected chi connectivity index (χ2v) is 5.76. The number of hydrogen-bond donors (Lipinski definition) is 2. The third-order valence-corrected chi connectivity index (χ3v) is 4.35. The van der Waals surface area contributed by atoms with Crippen LogP contribution < -0.4 is 5.32 Å². The van der Waals surface area contributed by atoms with E-state index in [4.69, 9.17) is 23.2 Å². The minimum absolute atomic E-state index is 0.159. The van der Waals surface area contributed by atoms with Gasteiger partial charge in [0.15, 0.2) is 0 Å². The van der Waals surface area contributed by atoms with Gasteiger partial charge in [-0.1, -0.05) is 42.1 Å². The molecule has 0 aromatic heterocycles. The van der Waals surface area contributed by atoms with E-state index < -0.39 is 0 Å². The summed E-state index contributed by atoms with van der Waals surface area (Å²) in [5.41, 5.74) is 0.936. The molecule has 0 radical (unpaired) electrons. The van der Waals surface area contributed by atoms with Crippen molar-refractivity contribution in [1.29, 1.82) is 0 Å². The Bertz CT molecular complexity index is 377. The van der Waals surface area contributed by atoms with Gasteiger partial charge >= 0.3 is 0 Å². The first-order chi connectivity index (χ1) is 8.68. The molecule has 2 atom stereocenters. The highest BCUT2D eigenvalue weighted by molar-refractivity contribution is 6.35. The summed E-state index contributed by atoms with van der Waals surface area (Å²) in [4.78, 5) is 0. The average Bonchev–Trinajstić information content (AvgIpc) is 2.35. The molecule has 18 heavy (non-hydrogen) atoms. The lowest BCUT2D eigenvalue weighted by Gasteiger charge is -2.27. The Morgan fingerprint density at radius 2 is 1.83 bits per heavy atom. The van der Waals surface area contributed by atoms with E-state index in [0.717, 1.165) is 31.4 Å². The zero-order valence-electron chi connectivity index (χ0n) is 10.3. The smallest absolute Gasteiger partial charge is 0.0580 e. The molecule has 0 amide bonds. The van der Waals surface area contributed by atoms with Crippen LogP contribution in [0, 0.1) is 5.92 Å². The van der Waals surface area contributed by atoms with E-state index in [2.05, 4.69) is 5.32 Å². The molecule has 2 rings (SSSR count). The molecule has 0 heterocycles. The van der Waals surface area contributed by atoms with Gasteiger partial charge in [-0.25, -0.2) is 0 Å². The number of benzene rings is 1. The van der Waals surface area contributed by atoms with Crippen molar-refractivity contribution in [2.24, 2.45) is 5.92 Å². The molecule has 100 valence electrons. The quantitative estimate of drug-likeness (QED) is 0.886. The van der Waals surface area contributed by atoms with Crippen molar-refractivity contribution in [3.05, 3.63) is 33.8 Å². The van der Waals surface area contributed by atoms with Crippen LogP contribution in [0.4, 0.5) is 0 Å². The first-order valence-electron chi connectivity index (χ1n) is 6.50. The van der Waals surface area contributed by atoms with Crippen molar-refractivity contribution < 1.29 is 5.11 Å². The molecule has 1 aliphatic carbocycles. The van der Waals surface area contributed by atoms with Crippen molar-refractivity contribution in [3.8, 4) is 0 Å². The molecule has 2 unspecified atom stereocenters. The maximum Gasteiger partial charge on any atom is 0.0580 e. The highest BCUT2D eigenvalue weighted by atomic mass is 35.5. The monoisotopic (exact) mass is 287 g/mol. The minimum atomic E-state index is -0.159. The molecule has 2 nitrogen and oxygen atoms in total. The standard InChI is InChI=1S/C14H19Cl2NO/c15-12-5-3-6-13(16)11(12)9-17-8-10-4-1-2-7-14(10)18/h3,5-6,10,14,17-18H,1-2,4,7-9H2. The maximum absolute atomic E-state index is 9.88. The molecule has 0 saturated heterocycles. The van der Waals surface area contributed by atoms with Crippen LogP contribution in [0.25, 0.3) is 0 Å².